The molecule has 9 heteroatoms. The normalized spacial score (nSPS) is 22.3. The summed E-state index contributed by atoms with van der Waals surface area (Å²) < 4.78 is 7.47. The standard InChI is InChI=1S/C21H27N5O4/c1-25-9-8-13(11-25)10-22-18(28)12-30-16-5-3-4-14-19(24-26(2)20(14)16)15-6-7-17(27)23-21(15)29/h3-5,13,15H,6-12H2,1-2H3,(H,22,28)(H,23,27,29). The van der Waals surface area contributed by atoms with Gasteiger partial charge in [-0.2, -0.15) is 5.10 Å². The molecule has 1 aromatic heterocycles. The molecule has 0 aliphatic carbocycles. The van der Waals surface area contributed by atoms with Crippen molar-refractivity contribution in [1.29, 1.82) is 0 Å². The lowest BCUT2D eigenvalue weighted by Crippen LogP contribution is -2.39. The number of benzene rings is 1. The molecule has 9 nitrogen and oxygen atoms in total. The largest absolute Gasteiger partial charge is 0.482 e. The van der Waals surface area contributed by atoms with Crippen molar-refractivity contribution in [3.8, 4) is 5.75 Å². The van der Waals surface area contributed by atoms with Crippen molar-refractivity contribution in [3.63, 3.8) is 0 Å². The van der Waals surface area contributed by atoms with Crippen LogP contribution in [0.3, 0.4) is 0 Å². The van der Waals surface area contributed by atoms with Crippen molar-refractivity contribution in [2.75, 3.05) is 33.3 Å². The van der Waals surface area contributed by atoms with Crippen LogP contribution in [-0.4, -0.2) is 65.7 Å². The van der Waals surface area contributed by atoms with Crippen LogP contribution in [0.5, 0.6) is 5.75 Å². The zero-order valence-electron chi connectivity index (χ0n) is 17.3. The summed E-state index contributed by atoms with van der Waals surface area (Å²) in [5.74, 6) is -0.193. The number of likely N-dealkylation sites (tertiary alicyclic amines) is 1. The fraction of sp³-hybridized carbons (Fsp3) is 0.524. The first-order valence-corrected chi connectivity index (χ1v) is 10.3. The maximum atomic E-state index is 12.3. The topological polar surface area (TPSA) is 106 Å². The minimum Gasteiger partial charge on any atom is -0.482 e. The predicted molar refractivity (Wildman–Crippen MR) is 110 cm³/mol. The molecule has 3 amide bonds. The van der Waals surface area contributed by atoms with Crippen molar-refractivity contribution in [3.05, 3.63) is 23.9 Å². The second-order valence-electron chi connectivity index (χ2n) is 8.17. The molecule has 2 aromatic rings. The number of para-hydroxylation sites is 1. The summed E-state index contributed by atoms with van der Waals surface area (Å²) in [5, 5.41) is 10.7. The molecule has 2 atom stereocenters. The molecule has 2 aliphatic rings. The van der Waals surface area contributed by atoms with Gasteiger partial charge in [-0.15, -0.1) is 0 Å². The molecular formula is C21H27N5O4. The Kier molecular flexibility index (Phi) is 5.72. The molecule has 160 valence electrons. The van der Waals surface area contributed by atoms with E-state index in [9.17, 15) is 14.4 Å². The van der Waals surface area contributed by atoms with Crippen molar-refractivity contribution >= 4 is 28.6 Å². The highest BCUT2D eigenvalue weighted by Crippen LogP contribution is 2.34. The number of amides is 3. The average Bonchev–Trinajstić information content (AvgIpc) is 3.28. The quantitative estimate of drug-likeness (QED) is 0.670. The molecule has 4 rings (SSSR count). The summed E-state index contributed by atoms with van der Waals surface area (Å²) in [5.41, 5.74) is 1.35. The van der Waals surface area contributed by atoms with Crippen molar-refractivity contribution in [2.45, 2.75) is 25.2 Å². The Hall–Kier alpha value is -2.94. The van der Waals surface area contributed by atoms with Gasteiger partial charge < -0.3 is 15.0 Å². The fourth-order valence-electron chi connectivity index (χ4n) is 4.30. The predicted octanol–water partition coefficient (Wildman–Crippen LogP) is 0.540. The van der Waals surface area contributed by atoms with Gasteiger partial charge in [0.2, 0.25) is 11.8 Å². The number of piperidine rings is 1. The molecule has 1 aromatic carbocycles. The van der Waals surface area contributed by atoms with Crippen molar-refractivity contribution in [1.82, 2.24) is 25.3 Å². The Morgan fingerprint density at radius 2 is 2.13 bits per heavy atom. The van der Waals surface area contributed by atoms with E-state index in [0.717, 1.165) is 30.4 Å². The summed E-state index contributed by atoms with van der Waals surface area (Å²) in [7, 11) is 3.86. The highest BCUT2D eigenvalue weighted by atomic mass is 16.5. The number of imide groups is 1. The zero-order valence-corrected chi connectivity index (χ0v) is 17.3. The van der Waals surface area contributed by atoms with Crippen LogP contribution in [0.1, 0.15) is 30.9 Å². The van der Waals surface area contributed by atoms with E-state index in [1.54, 1.807) is 17.8 Å². The van der Waals surface area contributed by atoms with E-state index in [4.69, 9.17) is 4.74 Å². The summed E-state index contributed by atoms with van der Waals surface area (Å²) in [6.45, 7) is 2.64. The van der Waals surface area contributed by atoms with Crippen LogP contribution in [-0.2, 0) is 21.4 Å². The number of hydrogen-bond acceptors (Lipinski definition) is 6. The monoisotopic (exact) mass is 413 g/mol. The SMILES string of the molecule is CN1CCC(CNC(=O)COc2cccc3c(C4CCC(=O)NC4=O)nn(C)c23)C1. The van der Waals surface area contributed by atoms with E-state index in [2.05, 4.69) is 27.7 Å². The summed E-state index contributed by atoms with van der Waals surface area (Å²) in [6.07, 6.45) is 1.82. The molecule has 0 saturated carbocycles. The lowest BCUT2D eigenvalue weighted by molar-refractivity contribution is -0.134. The molecule has 2 fully saturated rings. The minimum atomic E-state index is -0.477. The van der Waals surface area contributed by atoms with Crippen LogP contribution in [0.15, 0.2) is 18.2 Å². The number of rotatable bonds is 6. The van der Waals surface area contributed by atoms with Crippen LogP contribution < -0.4 is 15.4 Å². The minimum absolute atomic E-state index is 0.0827. The van der Waals surface area contributed by atoms with Gasteiger partial charge in [0.1, 0.15) is 11.3 Å². The van der Waals surface area contributed by atoms with Crippen LogP contribution in [0.4, 0.5) is 0 Å². The number of aryl methyl sites for hydroxylation is 1. The van der Waals surface area contributed by atoms with Crippen LogP contribution in [0.25, 0.3) is 10.9 Å². The number of carbonyl (C=O) groups excluding carboxylic acids is 3. The van der Waals surface area contributed by atoms with E-state index < -0.39 is 5.92 Å². The zero-order chi connectivity index (χ0) is 21.3. The van der Waals surface area contributed by atoms with Gasteiger partial charge in [-0.05, 0) is 38.4 Å². The van der Waals surface area contributed by atoms with Crippen LogP contribution in [0, 0.1) is 5.92 Å². The molecule has 2 aliphatic heterocycles. The fourth-order valence-corrected chi connectivity index (χ4v) is 4.30. The molecule has 2 saturated heterocycles. The maximum absolute atomic E-state index is 12.3. The van der Waals surface area contributed by atoms with Crippen molar-refractivity contribution < 1.29 is 19.1 Å². The van der Waals surface area contributed by atoms with E-state index in [-0.39, 0.29) is 24.3 Å². The Labute approximate surface area is 174 Å². The number of nitrogens with one attached hydrogen (secondary N) is 2. The van der Waals surface area contributed by atoms with E-state index in [0.29, 0.717) is 36.7 Å². The number of fused-ring (bicyclic) bond motifs is 1. The van der Waals surface area contributed by atoms with Gasteiger partial charge in [0.05, 0.1) is 11.6 Å². The molecule has 3 heterocycles. The van der Waals surface area contributed by atoms with Gasteiger partial charge >= 0.3 is 0 Å². The number of hydrogen-bond donors (Lipinski definition) is 2. The molecule has 0 radical (unpaired) electrons. The summed E-state index contributed by atoms with van der Waals surface area (Å²) in [6, 6.07) is 5.49. The third kappa shape index (κ3) is 4.16. The molecule has 2 N–H and O–H groups in total. The molecule has 0 bridgehead atoms. The number of carbonyl (C=O) groups is 3. The Balaban J connectivity index is 1.45. The average molecular weight is 413 g/mol. The second-order valence-corrected chi connectivity index (χ2v) is 8.17. The van der Waals surface area contributed by atoms with Crippen LogP contribution >= 0.6 is 0 Å². The smallest absolute Gasteiger partial charge is 0.257 e. The first kappa shape index (κ1) is 20.3. The first-order chi connectivity index (χ1) is 14.4. The molecule has 2 unspecified atom stereocenters. The van der Waals surface area contributed by atoms with Crippen LogP contribution in [0.2, 0.25) is 0 Å². The summed E-state index contributed by atoms with van der Waals surface area (Å²) in [4.78, 5) is 38.3. The highest BCUT2D eigenvalue weighted by molar-refractivity contribution is 6.03. The van der Waals surface area contributed by atoms with E-state index in [1.807, 2.05) is 12.1 Å². The van der Waals surface area contributed by atoms with E-state index >= 15 is 0 Å². The van der Waals surface area contributed by atoms with Crippen molar-refractivity contribution in [2.24, 2.45) is 13.0 Å². The van der Waals surface area contributed by atoms with Gasteiger partial charge in [0.25, 0.3) is 5.91 Å². The third-order valence-electron chi connectivity index (χ3n) is 5.86. The Morgan fingerprint density at radius 1 is 1.30 bits per heavy atom. The Bertz CT molecular complexity index is 985. The first-order valence-electron chi connectivity index (χ1n) is 10.3. The lowest BCUT2D eigenvalue weighted by Gasteiger charge is -2.19. The lowest BCUT2D eigenvalue weighted by atomic mass is 9.93. The number of ether oxygens (including phenoxy) is 1. The molecule has 30 heavy (non-hydrogen) atoms. The number of nitrogens with zero attached hydrogens (tertiary/aromatic N) is 3. The molecular weight excluding hydrogens is 386 g/mol. The third-order valence-corrected chi connectivity index (χ3v) is 5.86. The van der Waals surface area contributed by atoms with Gasteiger partial charge in [-0.3, -0.25) is 24.4 Å². The molecule has 0 spiro atoms. The number of aromatic nitrogens is 2. The van der Waals surface area contributed by atoms with Gasteiger partial charge in [-0.25, -0.2) is 0 Å². The maximum Gasteiger partial charge on any atom is 0.257 e. The summed E-state index contributed by atoms with van der Waals surface area (Å²) >= 11 is 0. The highest BCUT2D eigenvalue weighted by Gasteiger charge is 2.32. The second kappa shape index (κ2) is 8.43. The van der Waals surface area contributed by atoms with Gasteiger partial charge in [0.15, 0.2) is 6.61 Å². The Morgan fingerprint density at radius 3 is 2.87 bits per heavy atom. The van der Waals surface area contributed by atoms with Gasteiger partial charge in [-0.1, -0.05) is 12.1 Å². The van der Waals surface area contributed by atoms with E-state index in [1.165, 1.54) is 0 Å². The van der Waals surface area contributed by atoms with Gasteiger partial charge in [0, 0.05) is 31.9 Å².